The third-order valence-corrected chi connectivity index (χ3v) is 4.92. The van der Waals surface area contributed by atoms with Crippen LogP contribution in [0.25, 0.3) is 16.2 Å². The lowest BCUT2D eigenvalue weighted by molar-refractivity contribution is 0.102. The highest BCUT2D eigenvalue weighted by molar-refractivity contribution is 7.15. The molecule has 136 valence electrons. The number of thiazole rings is 1. The summed E-state index contributed by atoms with van der Waals surface area (Å²) in [7, 11) is 3.22. The molecular weight excluding hydrogens is 362 g/mol. The number of methoxy groups -OCH3 is 2. The minimum atomic E-state index is -0.270. The fraction of sp³-hybridized carbons (Fsp3) is 0.100. The van der Waals surface area contributed by atoms with E-state index in [0.717, 1.165) is 27.7 Å². The highest BCUT2D eigenvalue weighted by Gasteiger charge is 2.21. The summed E-state index contributed by atoms with van der Waals surface area (Å²) >= 11 is 1.48. The van der Waals surface area contributed by atoms with Crippen molar-refractivity contribution in [1.29, 1.82) is 0 Å². The molecule has 4 rings (SSSR count). The Morgan fingerprint density at radius 1 is 1.07 bits per heavy atom. The first kappa shape index (κ1) is 17.1. The van der Waals surface area contributed by atoms with Crippen LogP contribution in [0.4, 0.5) is 5.69 Å². The van der Waals surface area contributed by atoms with E-state index in [9.17, 15) is 4.79 Å². The molecule has 6 nitrogen and oxygen atoms in total. The first-order valence-electron chi connectivity index (χ1n) is 8.25. The van der Waals surface area contributed by atoms with Crippen LogP contribution in [0, 0.1) is 0 Å². The minimum Gasteiger partial charge on any atom is -0.497 e. The van der Waals surface area contributed by atoms with E-state index in [2.05, 4.69) is 10.3 Å². The number of rotatable bonds is 5. The van der Waals surface area contributed by atoms with Gasteiger partial charge in [-0.05, 0) is 36.4 Å². The SMILES string of the molecule is COc1ccc(NC(=O)c2nc3sccn3c2-c2cccc(OC)c2)cc1. The molecule has 0 atom stereocenters. The molecule has 2 aromatic carbocycles. The zero-order valence-corrected chi connectivity index (χ0v) is 15.6. The maximum atomic E-state index is 12.9. The average molecular weight is 379 g/mol. The van der Waals surface area contributed by atoms with Crippen LogP contribution in [0.2, 0.25) is 0 Å². The van der Waals surface area contributed by atoms with Crippen LogP contribution in [0.15, 0.2) is 60.1 Å². The van der Waals surface area contributed by atoms with Crippen molar-refractivity contribution in [2.75, 3.05) is 19.5 Å². The van der Waals surface area contributed by atoms with Crippen LogP contribution in [0.5, 0.6) is 11.5 Å². The molecule has 2 heterocycles. The lowest BCUT2D eigenvalue weighted by Crippen LogP contribution is -2.13. The summed E-state index contributed by atoms with van der Waals surface area (Å²) in [4.78, 5) is 18.2. The maximum Gasteiger partial charge on any atom is 0.276 e. The normalized spacial score (nSPS) is 10.7. The highest BCUT2D eigenvalue weighted by Crippen LogP contribution is 2.30. The van der Waals surface area contributed by atoms with Gasteiger partial charge in [0.1, 0.15) is 11.5 Å². The number of anilines is 1. The molecule has 0 unspecified atom stereocenters. The summed E-state index contributed by atoms with van der Waals surface area (Å²) in [6.45, 7) is 0. The Balaban J connectivity index is 1.74. The number of benzene rings is 2. The maximum absolute atomic E-state index is 12.9. The molecule has 0 bridgehead atoms. The summed E-state index contributed by atoms with van der Waals surface area (Å²) < 4.78 is 12.4. The number of ether oxygens (including phenoxy) is 2. The van der Waals surface area contributed by atoms with Gasteiger partial charge in [0.2, 0.25) is 0 Å². The molecule has 4 aromatic rings. The lowest BCUT2D eigenvalue weighted by Gasteiger charge is -2.08. The van der Waals surface area contributed by atoms with Gasteiger partial charge in [0.15, 0.2) is 10.7 Å². The van der Waals surface area contributed by atoms with Gasteiger partial charge >= 0.3 is 0 Å². The number of hydrogen-bond donors (Lipinski definition) is 1. The van der Waals surface area contributed by atoms with E-state index in [1.807, 2.05) is 40.2 Å². The molecule has 7 heteroatoms. The Hall–Kier alpha value is -3.32. The number of carbonyl (C=O) groups excluding carboxylic acids is 1. The van der Waals surface area contributed by atoms with Gasteiger partial charge in [-0.3, -0.25) is 9.20 Å². The van der Waals surface area contributed by atoms with Crippen molar-refractivity contribution < 1.29 is 14.3 Å². The van der Waals surface area contributed by atoms with E-state index in [4.69, 9.17) is 9.47 Å². The van der Waals surface area contributed by atoms with Gasteiger partial charge in [0.05, 0.1) is 19.9 Å². The molecule has 0 saturated heterocycles. The fourth-order valence-electron chi connectivity index (χ4n) is 2.85. The summed E-state index contributed by atoms with van der Waals surface area (Å²) in [6.07, 6.45) is 1.91. The number of hydrogen-bond acceptors (Lipinski definition) is 5. The van der Waals surface area contributed by atoms with Gasteiger partial charge in [-0.15, -0.1) is 11.3 Å². The standard InChI is InChI=1S/C20H17N3O3S/c1-25-15-8-6-14(7-9-15)21-19(24)17-18(23-10-11-27-20(23)22-17)13-4-3-5-16(12-13)26-2/h3-12H,1-2H3,(H,21,24). The van der Waals surface area contributed by atoms with Crippen molar-refractivity contribution in [3.8, 4) is 22.8 Å². The van der Waals surface area contributed by atoms with E-state index < -0.39 is 0 Å². The van der Waals surface area contributed by atoms with Crippen LogP contribution >= 0.6 is 11.3 Å². The second-order valence-electron chi connectivity index (χ2n) is 5.78. The van der Waals surface area contributed by atoms with Crippen molar-refractivity contribution in [3.05, 3.63) is 65.8 Å². The largest absolute Gasteiger partial charge is 0.497 e. The molecule has 0 saturated carbocycles. The summed E-state index contributed by atoms with van der Waals surface area (Å²) in [6, 6.07) is 14.8. The Morgan fingerprint density at radius 2 is 1.85 bits per heavy atom. The molecule has 0 aliphatic carbocycles. The molecular formula is C20H17N3O3S. The zero-order chi connectivity index (χ0) is 18.8. The predicted octanol–water partition coefficient (Wildman–Crippen LogP) is 4.33. The van der Waals surface area contributed by atoms with Crippen LogP contribution in [-0.4, -0.2) is 29.5 Å². The highest BCUT2D eigenvalue weighted by atomic mass is 32.1. The topological polar surface area (TPSA) is 64.9 Å². The fourth-order valence-corrected chi connectivity index (χ4v) is 3.57. The Morgan fingerprint density at radius 3 is 2.59 bits per heavy atom. The van der Waals surface area contributed by atoms with Gasteiger partial charge in [0, 0.05) is 22.8 Å². The number of aromatic nitrogens is 2. The van der Waals surface area contributed by atoms with Crippen LogP contribution in [0.3, 0.4) is 0 Å². The van der Waals surface area contributed by atoms with E-state index in [-0.39, 0.29) is 5.91 Å². The third kappa shape index (κ3) is 3.24. The van der Waals surface area contributed by atoms with Crippen LogP contribution < -0.4 is 14.8 Å². The van der Waals surface area contributed by atoms with Gasteiger partial charge in [-0.1, -0.05) is 12.1 Å². The van der Waals surface area contributed by atoms with E-state index in [1.165, 1.54) is 11.3 Å². The molecule has 0 aliphatic heterocycles. The van der Waals surface area contributed by atoms with Crippen LogP contribution in [-0.2, 0) is 0 Å². The predicted molar refractivity (Wildman–Crippen MR) is 106 cm³/mol. The lowest BCUT2D eigenvalue weighted by atomic mass is 10.1. The Kier molecular flexibility index (Phi) is 4.52. The zero-order valence-electron chi connectivity index (χ0n) is 14.8. The van der Waals surface area contributed by atoms with Crippen molar-refractivity contribution >= 4 is 27.9 Å². The van der Waals surface area contributed by atoms with Crippen molar-refractivity contribution in [2.45, 2.75) is 0 Å². The number of carbonyl (C=O) groups is 1. The Bertz CT molecular complexity index is 1100. The smallest absolute Gasteiger partial charge is 0.276 e. The van der Waals surface area contributed by atoms with Crippen molar-refractivity contribution in [2.24, 2.45) is 0 Å². The van der Waals surface area contributed by atoms with E-state index in [0.29, 0.717) is 11.4 Å². The van der Waals surface area contributed by atoms with Gasteiger partial charge < -0.3 is 14.8 Å². The van der Waals surface area contributed by atoms with Crippen molar-refractivity contribution in [3.63, 3.8) is 0 Å². The van der Waals surface area contributed by atoms with E-state index >= 15 is 0 Å². The monoisotopic (exact) mass is 379 g/mol. The second-order valence-corrected chi connectivity index (χ2v) is 6.65. The Labute approximate surface area is 160 Å². The third-order valence-electron chi connectivity index (χ3n) is 4.17. The minimum absolute atomic E-state index is 0.270. The number of fused-ring (bicyclic) bond motifs is 1. The average Bonchev–Trinajstić information content (AvgIpc) is 3.29. The second kappa shape index (κ2) is 7.13. The van der Waals surface area contributed by atoms with Gasteiger partial charge in [-0.25, -0.2) is 4.98 Å². The van der Waals surface area contributed by atoms with Crippen molar-refractivity contribution in [1.82, 2.24) is 9.38 Å². The molecule has 27 heavy (non-hydrogen) atoms. The summed E-state index contributed by atoms with van der Waals surface area (Å²) in [5.74, 6) is 1.18. The summed E-state index contributed by atoms with van der Waals surface area (Å²) in [5.41, 5.74) is 2.64. The van der Waals surface area contributed by atoms with Gasteiger partial charge in [0.25, 0.3) is 5.91 Å². The molecule has 2 aromatic heterocycles. The van der Waals surface area contributed by atoms with E-state index in [1.54, 1.807) is 38.5 Å². The van der Waals surface area contributed by atoms with Gasteiger partial charge in [-0.2, -0.15) is 0 Å². The molecule has 1 N–H and O–H groups in total. The summed E-state index contributed by atoms with van der Waals surface area (Å²) in [5, 5.41) is 4.84. The molecule has 1 amide bonds. The first-order chi connectivity index (χ1) is 13.2. The number of nitrogens with zero attached hydrogens (tertiary/aromatic N) is 2. The number of imidazole rings is 1. The van der Waals surface area contributed by atoms with Crippen LogP contribution in [0.1, 0.15) is 10.5 Å². The first-order valence-corrected chi connectivity index (χ1v) is 9.13. The quantitative estimate of drug-likeness (QED) is 0.560. The number of amides is 1. The molecule has 0 radical (unpaired) electrons. The molecule has 0 spiro atoms. The number of nitrogens with one attached hydrogen (secondary N) is 1. The molecule has 0 aliphatic rings. The molecule has 0 fully saturated rings.